The van der Waals surface area contributed by atoms with Gasteiger partial charge in [-0.2, -0.15) is 0 Å². The van der Waals surface area contributed by atoms with Gasteiger partial charge in [-0.25, -0.2) is 9.97 Å². The van der Waals surface area contributed by atoms with Crippen molar-refractivity contribution < 1.29 is 0 Å². The second-order valence-corrected chi connectivity index (χ2v) is 5.77. The van der Waals surface area contributed by atoms with Crippen LogP contribution in [0.5, 0.6) is 0 Å². The molecule has 18 heavy (non-hydrogen) atoms. The Bertz CT molecular complexity index is 825. The van der Waals surface area contributed by atoms with Crippen LogP contribution in [0.15, 0.2) is 24.5 Å². The lowest BCUT2D eigenvalue weighted by molar-refractivity contribution is 1.32. The van der Waals surface area contributed by atoms with Crippen LogP contribution in [0.2, 0.25) is 0 Å². The van der Waals surface area contributed by atoms with E-state index in [1.165, 1.54) is 22.7 Å². The van der Waals surface area contributed by atoms with Crippen molar-refractivity contribution in [1.82, 2.24) is 19.9 Å². The molecule has 0 saturated carbocycles. The summed E-state index contributed by atoms with van der Waals surface area (Å²) < 4.78 is 0. The second-order valence-electron chi connectivity index (χ2n) is 3.78. The minimum absolute atomic E-state index is 0.557. The topological polar surface area (TPSA) is 80.5 Å². The Balaban J connectivity index is 2.00. The quantitative estimate of drug-likeness (QED) is 0.559. The lowest BCUT2D eigenvalue weighted by atomic mass is 10.2. The number of nitrogens with two attached hydrogens (primary N) is 1. The summed E-state index contributed by atoms with van der Waals surface area (Å²) in [6.07, 6.45) is 3.70. The molecule has 0 aliphatic carbocycles. The maximum Gasteiger partial charge on any atom is 0.183 e. The van der Waals surface area contributed by atoms with Gasteiger partial charge in [0.2, 0.25) is 0 Å². The standard InChI is InChI=1S/C11H7N5S2/c12-11-16-10-9(18-11)15-8(17-10)7-6-5(1-3-13-6)2-4-14-7/h1-4,13H,(H2,12,16). The van der Waals surface area contributed by atoms with Crippen LogP contribution in [0.1, 0.15) is 0 Å². The Morgan fingerprint density at radius 1 is 1.11 bits per heavy atom. The molecule has 4 heterocycles. The maximum absolute atomic E-state index is 5.65. The van der Waals surface area contributed by atoms with Crippen LogP contribution >= 0.6 is 22.7 Å². The molecule has 4 aromatic rings. The van der Waals surface area contributed by atoms with Crippen LogP contribution in [0.4, 0.5) is 5.13 Å². The lowest BCUT2D eigenvalue weighted by Crippen LogP contribution is -1.83. The Kier molecular flexibility index (Phi) is 1.94. The summed E-state index contributed by atoms with van der Waals surface area (Å²) in [6, 6.07) is 3.99. The highest BCUT2D eigenvalue weighted by atomic mass is 32.1. The number of nitrogen functional groups attached to an aromatic ring is 1. The highest BCUT2D eigenvalue weighted by Gasteiger charge is 2.14. The average molecular weight is 273 g/mol. The molecule has 0 atom stereocenters. The van der Waals surface area contributed by atoms with Crippen molar-refractivity contribution >= 4 is 48.4 Å². The number of nitrogens with zero attached hydrogens (tertiary/aromatic N) is 3. The monoisotopic (exact) mass is 273 g/mol. The molecule has 7 heteroatoms. The third kappa shape index (κ3) is 1.34. The summed E-state index contributed by atoms with van der Waals surface area (Å²) >= 11 is 2.92. The van der Waals surface area contributed by atoms with Crippen molar-refractivity contribution in [3.8, 4) is 10.7 Å². The number of thiazole rings is 2. The van der Waals surface area contributed by atoms with Crippen molar-refractivity contribution in [2.75, 3.05) is 5.73 Å². The molecule has 3 N–H and O–H groups in total. The first kappa shape index (κ1) is 9.98. The first-order chi connectivity index (χ1) is 8.81. The summed E-state index contributed by atoms with van der Waals surface area (Å²) in [5, 5.41) is 2.56. The van der Waals surface area contributed by atoms with E-state index in [9.17, 15) is 0 Å². The summed E-state index contributed by atoms with van der Waals surface area (Å²) in [7, 11) is 0. The van der Waals surface area contributed by atoms with Crippen LogP contribution in [0.25, 0.3) is 31.3 Å². The fourth-order valence-electron chi connectivity index (χ4n) is 1.90. The molecule has 0 aliphatic rings. The largest absolute Gasteiger partial charge is 0.375 e. The van der Waals surface area contributed by atoms with Crippen LogP contribution in [-0.2, 0) is 0 Å². The second kappa shape index (κ2) is 3.50. The zero-order chi connectivity index (χ0) is 12.1. The van der Waals surface area contributed by atoms with Gasteiger partial charge < -0.3 is 10.7 Å². The van der Waals surface area contributed by atoms with Gasteiger partial charge in [0.1, 0.15) is 10.7 Å². The molecule has 0 spiro atoms. The van der Waals surface area contributed by atoms with Crippen molar-refractivity contribution in [2.24, 2.45) is 0 Å². The number of rotatable bonds is 1. The highest BCUT2D eigenvalue weighted by molar-refractivity contribution is 7.29. The van der Waals surface area contributed by atoms with E-state index >= 15 is 0 Å². The van der Waals surface area contributed by atoms with Gasteiger partial charge in [-0.1, -0.05) is 22.7 Å². The number of pyridine rings is 1. The van der Waals surface area contributed by atoms with Crippen LogP contribution in [-0.4, -0.2) is 19.9 Å². The molecule has 0 unspecified atom stereocenters. The van der Waals surface area contributed by atoms with Crippen molar-refractivity contribution in [2.45, 2.75) is 0 Å². The predicted molar refractivity (Wildman–Crippen MR) is 74.8 cm³/mol. The molecule has 0 aliphatic heterocycles. The van der Waals surface area contributed by atoms with E-state index < -0.39 is 0 Å². The van der Waals surface area contributed by atoms with Gasteiger partial charge in [0.25, 0.3) is 0 Å². The van der Waals surface area contributed by atoms with Crippen molar-refractivity contribution in [3.05, 3.63) is 24.5 Å². The molecule has 0 radical (unpaired) electrons. The number of aromatic amines is 1. The van der Waals surface area contributed by atoms with Gasteiger partial charge in [-0.05, 0) is 12.1 Å². The van der Waals surface area contributed by atoms with Crippen LogP contribution in [0.3, 0.4) is 0 Å². The van der Waals surface area contributed by atoms with E-state index in [0.29, 0.717) is 5.13 Å². The number of fused-ring (bicyclic) bond motifs is 2. The van der Waals surface area contributed by atoms with Crippen LogP contribution in [0, 0.1) is 0 Å². The van der Waals surface area contributed by atoms with Gasteiger partial charge in [0, 0.05) is 17.8 Å². The maximum atomic E-state index is 5.65. The molecular formula is C11H7N5S2. The molecule has 0 aromatic carbocycles. The van der Waals surface area contributed by atoms with Gasteiger partial charge >= 0.3 is 0 Å². The van der Waals surface area contributed by atoms with Gasteiger partial charge in [-0.3, -0.25) is 4.98 Å². The summed E-state index contributed by atoms with van der Waals surface area (Å²) in [4.78, 5) is 18.1. The van der Waals surface area contributed by atoms with Gasteiger partial charge in [0.05, 0.1) is 5.52 Å². The number of H-pyrrole nitrogens is 1. The highest BCUT2D eigenvalue weighted by Crippen LogP contribution is 2.35. The van der Waals surface area contributed by atoms with Crippen LogP contribution < -0.4 is 5.73 Å². The van der Waals surface area contributed by atoms with Crippen molar-refractivity contribution in [1.29, 1.82) is 0 Å². The van der Waals surface area contributed by atoms with E-state index in [4.69, 9.17) is 5.73 Å². The van der Waals surface area contributed by atoms with E-state index in [-0.39, 0.29) is 0 Å². The molecular weight excluding hydrogens is 266 g/mol. The fraction of sp³-hybridized carbons (Fsp3) is 0. The Morgan fingerprint density at radius 3 is 2.89 bits per heavy atom. The van der Waals surface area contributed by atoms with E-state index in [1.807, 2.05) is 18.3 Å². The number of hydrogen-bond donors (Lipinski definition) is 2. The first-order valence-electron chi connectivity index (χ1n) is 5.26. The SMILES string of the molecule is Nc1nc2sc(-c3nccc4cc[nH]c34)nc2s1. The summed E-state index contributed by atoms with van der Waals surface area (Å²) in [5.41, 5.74) is 7.52. The average Bonchev–Trinajstić information content (AvgIpc) is 3.00. The van der Waals surface area contributed by atoms with Crippen molar-refractivity contribution in [3.63, 3.8) is 0 Å². The molecule has 0 fully saturated rings. The molecule has 0 saturated heterocycles. The molecule has 4 aromatic heterocycles. The van der Waals surface area contributed by atoms with Gasteiger partial charge in [0.15, 0.2) is 14.8 Å². The van der Waals surface area contributed by atoms with Gasteiger partial charge in [-0.15, -0.1) is 0 Å². The normalized spacial score (nSPS) is 11.6. The Hall–Kier alpha value is -1.99. The minimum atomic E-state index is 0.557. The smallest absolute Gasteiger partial charge is 0.183 e. The minimum Gasteiger partial charge on any atom is -0.375 e. The Morgan fingerprint density at radius 2 is 2.00 bits per heavy atom. The molecule has 0 amide bonds. The molecule has 0 bridgehead atoms. The fourth-order valence-corrected chi connectivity index (χ4v) is 3.72. The predicted octanol–water partition coefficient (Wildman–Crippen LogP) is 2.88. The first-order valence-corrected chi connectivity index (χ1v) is 6.90. The van der Waals surface area contributed by atoms with E-state index in [2.05, 4.69) is 19.9 Å². The lowest BCUT2D eigenvalue weighted by Gasteiger charge is -1.96. The molecule has 4 rings (SSSR count). The summed E-state index contributed by atoms with van der Waals surface area (Å²) in [5.74, 6) is 0. The number of anilines is 1. The van der Waals surface area contributed by atoms with E-state index in [0.717, 1.165) is 31.3 Å². The number of nitrogens with one attached hydrogen (secondary N) is 1. The van der Waals surface area contributed by atoms with E-state index in [1.54, 1.807) is 6.20 Å². The zero-order valence-electron chi connectivity index (χ0n) is 9.04. The summed E-state index contributed by atoms with van der Waals surface area (Å²) in [6.45, 7) is 0. The molecule has 5 nitrogen and oxygen atoms in total. The molecule has 88 valence electrons. The zero-order valence-corrected chi connectivity index (χ0v) is 10.7. The number of aromatic nitrogens is 4. The third-order valence-electron chi connectivity index (χ3n) is 2.67. The Labute approximate surface area is 109 Å². The third-order valence-corrected chi connectivity index (χ3v) is 4.53. The number of hydrogen-bond acceptors (Lipinski definition) is 6.